The van der Waals surface area contributed by atoms with Gasteiger partial charge in [-0.05, 0) is 11.8 Å². The van der Waals surface area contributed by atoms with Gasteiger partial charge in [-0.3, -0.25) is 9.59 Å². The number of nitrogens with one attached hydrogen (secondary N) is 1. The summed E-state index contributed by atoms with van der Waals surface area (Å²) in [6.07, 6.45) is 3.02. The van der Waals surface area contributed by atoms with Crippen molar-refractivity contribution in [3.05, 3.63) is 11.6 Å². The van der Waals surface area contributed by atoms with Crippen LogP contribution < -0.4 is 11.1 Å². The summed E-state index contributed by atoms with van der Waals surface area (Å²) in [4.78, 5) is 24.5. The fourth-order valence-electron chi connectivity index (χ4n) is 1.94. The van der Waals surface area contributed by atoms with E-state index in [0.29, 0.717) is 6.54 Å². The van der Waals surface area contributed by atoms with E-state index in [0.717, 1.165) is 13.0 Å². The van der Waals surface area contributed by atoms with Gasteiger partial charge in [0, 0.05) is 13.1 Å². The van der Waals surface area contributed by atoms with Crippen molar-refractivity contribution in [3.63, 3.8) is 0 Å². The maximum atomic E-state index is 11.8. The molecule has 0 bridgehead atoms. The monoisotopic (exact) mass is 253 g/mol. The van der Waals surface area contributed by atoms with Gasteiger partial charge >= 0.3 is 0 Å². The van der Waals surface area contributed by atoms with E-state index in [4.69, 9.17) is 5.73 Å². The van der Waals surface area contributed by atoms with Crippen LogP contribution in [0.1, 0.15) is 27.2 Å². The fraction of sp³-hybridized carbons (Fsp3) is 0.692. The third-order valence-electron chi connectivity index (χ3n) is 3.15. The van der Waals surface area contributed by atoms with Crippen molar-refractivity contribution in [1.82, 2.24) is 10.2 Å². The van der Waals surface area contributed by atoms with E-state index >= 15 is 0 Å². The normalized spacial score (nSPS) is 16.2. The molecule has 1 aliphatic rings. The number of amides is 2. The lowest BCUT2D eigenvalue weighted by molar-refractivity contribution is -0.132. The highest BCUT2D eigenvalue weighted by atomic mass is 16.2. The van der Waals surface area contributed by atoms with Gasteiger partial charge in [0.05, 0.1) is 13.1 Å². The average Bonchev–Trinajstić information content (AvgIpc) is 2.34. The van der Waals surface area contributed by atoms with Gasteiger partial charge in [0.2, 0.25) is 11.8 Å². The number of hydrogen-bond donors (Lipinski definition) is 2. The molecule has 0 aromatic heterocycles. The minimum atomic E-state index is -0.300. The first-order valence-corrected chi connectivity index (χ1v) is 6.28. The van der Waals surface area contributed by atoms with Gasteiger partial charge in [0.25, 0.3) is 0 Å². The summed E-state index contributed by atoms with van der Waals surface area (Å²) < 4.78 is 0. The van der Waals surface area contributed by atoms with Crippen LogP contribution in [0, 0.1) is 5.41 Å². The predicted octanol–water partition coefficient (Wildman–Crippen LogP) is 0.266. The number of rotatable bonds is 3. The molecule has 0 aromatic carbocycles. The Morgan fingerprint density at radius 2 is 2.11 bits per heavy atom. The molecule has 0 saturated carbocycles. The predicted molar refractivity (Wildman–Crippen MR) is 70.8 cm³/mol. The molecule has 0 unspecified atom stereocenters. The topological polar surface area (TPSA) is 75.4 Å². The Bertz CT molecular complexity index is 356. The fourth-order valence-corrected chi connectivity index (χ4v) is 1.94. The van der Waals surface area contributed by atoms with E-state index in [1.54, 1.807) is 4.90 Å². The van der Waals surface area contributed by atoms with E-state index in [-0.39, 0.29) is 30.3 Å². The van der Waals surface area contributed by atoms with Gasteiger partial charge in [0.1, 0.15) is 0 Å². The minimum absolute atomic E-state index is 0.0364. The number of carbonyl (C=O) groups is 2. The molecule has 0 aromatic rings. The molecular weight excluding hydrogens is 230 g/mol. The third kappa shape index (κ3) is 4.14. The van der Waals surface area contributed by atoms with Crippen molar-refractivity contribution in [2.45, 2.75) is 27.2 Å². The standard InChI is InChI=1S/C13H23N3O2/c1-13(2,3)10-4-6-16(7-5-10)12(18)9-15-11(17)8-14/h4H,5-9,14H2,1-3H3,(H,15,17). The Kier molecular flexibility index (Phi) is 4.90. The van der Waals surface area contributed by atoms with Crippen LogP contribution in [0.25, 0.3) is 0 Å². The molecule has 1 heterocycles. The number of hydrogen-bond acceptors (Lipinski definition) is 3. The second-order valence-electron chi connectivity index (χ2n) is 5.55. The molecule has 3 N–H and O–H groups in total. The van der Waals surface area contributed by atoms with Crippen LogP contribution in [0.15, 0.2) is 11.6 Å². The van der Waals surface area contributed by atoms with E-state index in [1.165, 1.54) is 5.57 Å². The first kappa shape index (κ1) is 14.7. The molecule has 1 aliphatic heterocycles. The highest BCUT2D eigenvalue weighted by Crippen LogP contribution is 2.29. The Balaban J connectivity index is 2.45. The smallest absolute Gasteiger partial charge is 0.242 e. The van der Waals surface area contributed by atoms with Crippen LogP contribution in [0.4, 0.5) is 0 Å². The van der Waals surface area contributed by atoms with E-state index in [9.17, 15) is 9.59 Å². The van der Waals surface area contributed by atoms with Gasteiger partial charge in [-0.1, -0.05) is 32.4 Å². The zero-order chi connectivity index (χ0) is 13.8. The second-order valence-corrected chi connectivity index (χ2v) is 5.55. The second kappa shape index (κ2) is 6.00. The van der Waals surface area contributed by atoms with Gasteiger partial charge in [-0.15, -0.1) is 0 Å². The Labute approximate surface area is 108 Å². The van der Waals surface area contributed by atoms with Crippen molar-refractivity contribution < 1.29 is 9.59 Å². The highest BCUT2D eigenvalue weighted by Gasteiger charge is 2.23. The van der Waals surface area contributed by atoms with Gasteiger partial charge in [0.15, 0.2) is 0 Å². The quantitative estimate of drug-likeness (QED) is 0.709. The Morgan fingerprint density at radius 1 is 1.44 bits per heavy atom. The Hall–Kier alpha value is -1.36. The molecule has 5 nitrogen and oxygen atoms in total. The van der Waals surface area contributed by atoms with Crippen LogP contribution in [0.2, 0.25) is 0 Å². The summed E-state index contributed by atoms with van der Waals surface area (Å²) in [5.74, 6) is -0.354. The summed E-state index contributed by atoms with van der Waals surface area (Å²) in [5.41, 5.74) is 6.71. The van der Waals surface area contributed by atoms with Crippen LogP contribution in [0.3, 0.4) is 0 Å². The first-order valence-electron chi connectivity index (χ1n) is 6.28. The third-order valence-corrected chi connectivity index (χ3v) is 3.15. The average molecular weight is 253 g/mol. The molecule has 2 amide bonds. The maximum absolute atomic E-state index is 11.8. The summed E-state index contributed by atoms with van der Waals surface area (Å²) in [6, 6.07) is 0. The summed E-state index contributed by atoms with van der Waals surface area (Å²) in [5, 5.41) is 2.50. The SMILES string of the molecule is CC(C)(C)C1=CCN(C(=O)CNC(=O)CN)CC1. The molecule has 18 heavy (non-hydrogen) atoms. The van der Waals surface area contributed by atoms with E-state index in [2.05, 4.69) is 32.2 Å². The molecule has 5 heteroatoms. The maximum Gasteiger partial charge on any atom is 0.242 e. The molecule has 0 aliphatic carbocycles. The van der Waals surface area contributed by atoms with Gasteiger partial charge in [-0.2, -0.15) is 0 Å². The van der Waals surface area contributed by atoms with Crippen LogP contribution in [-0.2, 0) is 9.59 Å². The molecule has 1 rings (SSSR count). The summed E-state index contributed by atoms with van der Waals surface area (Å²) in [7, 11) is 0. The van der Waals surface area contributed by atoms with Crippen molar-refractivity contribution in [1.29, 1.82) is 0 Å². The zero-order valence-corrected chi connectivity index (χ0v) is 11.5. The lowest BCUT2D eigenvalue weighted by Gasteiger charge is -2.32. The molecule has 0 spiro atoms. The molecule has 0 radical (unpaired) electrons. The molecule has 0 fully saturated rings. The number of nitrogens with zero attached hydrogens (tertiary/aromatic N) is 1. The first-order chi connectivity index (χ1) is 8.34. The minimum Gasteiger partial charge on any atom is -0.346 e. The van der Waals surface area contributed by atoms with Gasteiger partial charge in [-0.25, -0.2) is 0 Å². The Morgan fingerprint density at radius 3 is 2.56 bits per heavy atom. The van der Waals surface area contributed by atoms with Crippen LogP contribution in [0.5, 0.6) is 0 Å². The number of nitrogens with two attached hydrogens (primary N) is 1. The molecule has 0 saturated heterocycles. The van der Waals surface area contributed by atoms with Gasteiger partial charge < -0.3 is 16.0 Å². The summed E-state index contributed by atoms with van der Waals surface area (Å²) in [6.45, 7) is 7.84. The van der Waals surface area contributed by atoms with E-state index in [1.807, 2.05) is 0 Å². The lowest BCUT2D eigenvalue weighted by Crippen LogP contribution is -2.43. The van der Waals surface area contributed by atoms with Crippen molar-refractivity contribution in [2.24, 2.45) is 11.1 Å². The van der Waals surface area contributed by atoms with Crippen molar-refractivity contribution >= 4 is 11.8 Å². The van der Waals surface area contributed by atoms with Crippen LogP contribution in [-0.4, -0.2) is 42.9 Å². The van der Waals surface area contributed by atoms with E-state index < -0.39 is 0 Å². The largest absolute Gasteiger partial charge is 0.346 e. The zero-order valence-electron chi connectivity index (χ0n) is 11.5. The number of carbonyl (C=O) groups excluding carboxylic acids is 2. The summed E-state index contributed by atoms with van der Waals surface area (Å²) >= 11 is 0. The molecule has 0 atom stereocenters. The lowest BCUT2D eigenvalue weighted by atomic mass is 9.83. The molecule has 102 valence electrons. The highest BCUT2D eigenvalue weighted by molar-refractivity contribution is 5.85. The van der Waals surface area contributed by atoms with Crippen LogP contribution >= 0.6 is 0 Å². The van der Waals surface area contributed by atoms with Crippen molar-refractivity contribution in [3.8, 4) is 0 Å². The molecular formula is C13H23N3O2. The van der Waals surface area contributed by atoms with Crippen molar-refractivity contribution in [2.75, 3.05) is 26.2 Å².